The molecule has 3 aromatic heterocycles. The summed E-state index contributed by atoms with van der Waals surface area (Å²) >= 11 is 0. The van der Waals surface area contributed by atoms with Gasteiger partial charge in [-0.2, -0.15) is 0 Å². The van der Waals surface area contributed by atoms with Crippen molar-refractivity contribution in [3.8, 4) is 11.3 Å². The summed E-state index contributed by atoms with van der Waals surface area (Å²) in [5.41, 5.74) is 3.78. The van der Waals surface area contributed by atoms with Crippen LogP contribution >= 0.6 is 0 Å². The molecule has 4 rings (SSSR count). The van der Waals surface area contributed by atoms with Crippen LogP contribution in [-0.4, -0.2) is 37.7 Å². The smallest absolute Gasteiger partial charge is 0.253 e. The molecule has 1 fully saturated rings. The molecule has 146 valence electrons. The number of rotatable bonds is 5. The minimum atomic E-state index is -0.0000343. The fourth-order valence-corrected chi connectivity index (χ4v) is 3.80. The summed E-state index contributed by atoms with van der Waals surface area (Å²) in [6, 6.07) is 5.34. The van der Waals surface area contributed by atoms with Gasteiger partial charge in [-0.15, -0.1) is 0 Å². The lowest BCUT2D eigenvalue weighted by molar-refractivity contribution is 0.165. The van der Waals surface area contributed by atoms with Gasteiger partial charge in [-0.1, -0.05) is 5.16 Å². The van der Waals surface area contributed by atoms with Crippen molar-refractivity contribution in [2.75, 3.05) is 13.1 Å². The Balaban J connectivity index is 1.35. The fourth-order valence-electron chi connectivity index (χ4n) is 3.80. The zero-order chi connectivity index (χ0) is 19.5. The molecule has 3 aromatic rings. The second-order valence-corrected chi connectivity index (χ2v) is 7.52. The number of aryl methyl sites for hydroxylation is 2. The molecule has 1 aliphatic heterocycles. The van der Waals surface area contributed by atoms with Crippen LogP contribution in [0.15, 0.2) is 46.2 Å². The summed E-state index contributed by atoms with van der Waals surface area (Å²) < 4.78 is 7.00. The number of aromatic nitrogens is 4. The van der Waals surface area contributed by atoms with Crippen LogP contribution in [0.1, 0.15) is 29.9 Å². The van der Waals surface area contributed by atoms with E-state index in [0.717, 1.165) is 56.0 Å². The number of piperidine rings is 1. The summed E-state index contributed by atoms with van der Waals surface area (Å²) in [7, 11) is 0. The van der Waals surface area contributed by atoms with Crippen molar-refractivity contribution in [1.29, 1.82) is 0 Å². The molecule has 0 N–H and O–H groups in total. The molecule has 0 aromatic carbocycles. The standard InChI is InChI=1S/C21H25N5O2/c1-15-19(16(2)28-24-15)13-25-9-5-17(6-10-25)12-26-14-23-20(11-21(26)27)18-3-7-22-8-4-18/h3-4,7-8,11,14,17H,5-6,9-10,12-13H2,1-2H3. The van der Waals surface area contributed by atoms with Crippen molar-refractivity contribution in [2.45, 2.75) is 39.8 Å². The molecular weight excluding hydrogens is 354 g/mol. The lowest BCUT2D eigenvalue weighted by atomic mass is 9.96. The normalized spacial score (nSPS) is 15.8. The maximum Gasteiger partial charge on any atom is 0.253 e. The van der Waals surface area contributed by atoms with Gasteiger partial charge in [-0.25, -0.2) is 4.98 Å². The predicted octanol–water partition coefficient (Wildman–Crippen LogP) is 2.82. The van der Waals surface area contributed by atoms with Gasteiger partial charge < -0.3 is 4.52 Å². The Labute approximate surface area is 164 Å². The van der Waals surface area contributed by atoms with Gasteiger partial charge in [-0.3, -0.25) is 19.2 Å². The van der Waals surface area contributed by atoms with Crippen LogP contribution in [0.3, 0.4) is 0 Å². The average Bonchev–Trinajstić information content (AvgIpc) is 3.03. The lowest BCUT2D eigenvalue weighted by Crippen LogP contribution is -2.36. The summed E-state index contributed by atoms with van der Waals surface area (Å²) in [4.78, 5) is 23.4. The van der Waals surface area contributed by atoms with Crippen molar-refractivity contribution < 1.29 is 4.52 Å². The fraction of sp³-hybridized carbons (Fsp3) is 0.429. The van der Waals surface area contributed by atoms with Crippen LogP contribution in [0.5, 0.6) is 0 Å². The minimum Gasteiger partial charge on any atom is -0.361 e. The van der Waals surface area contributed by atoms with Gasteiger partial charge in [0.25, 0.3) is 5.56 Å². The SMILES string of the molecule is Cc1noc(C)c1CN1CCC(Cn2cnc(-c3ccncc3)cc2=O)CC1. The highest BCUT2D eigenvalue weighted by Crippen LogP contribution is 2.22. The summed E-state index contributed by atoms with van der Waals surface area (Å²) in [6.07, 6.45) is 7.23. The number of nitrogens with zero attached hydrogens (tertiary/aromatic N) is 5. The van der Waals surface area contributed by atoms with Gasteiger partial charge in [0.1, 0.15) is 5.76 Å². The summed E-state index contributed by atoms with van der Waals surface area (Å²) in [6.45, 7) is 7.61. The number of hydrogen-bond donors (Lipinski definition) is 0. The molecule has 28 heavy (non-hydrogen) atoms. The first-order valence-electron chi connectivity index (χ1n) is 9.71. The van der Waals surface area contributed by atoms with E-state index < -0.39 is 0 Å². The third-order valence-corrected chi connectivity index (χ3v) is 5.58. The Morgan fingerprint density at radius 3 is 2.57 bits per heavy atom. The second-order valence-electron chi connectivity index (χ2n) is 7.52. The Morgan fingerprint density at radius 1 is 1.18 bits per heavy atom. The van der Waals surface area contributed by atoms with Crippen molar-refractivity contribution in [2.24, 2.45) is 5.92 Å². The molecule has 7 nitrogen and oxygen atoms in total. The first-order valence-corrected chi connectivity index (χ1v) is 9.71. The van der Waals surface area contributed by atoms with Crippen LogP contribution in [0, 0.1) is 19.8 Å². The molecule has 0 amide bonds. The van der Waals surface area contributed by atoms with Crippen molar-refractivity contribution in [1.82, 2.24) is 24.6 Å². The first kappa shape index (κ1) is 18.6. The number of pyridine rings is 1. The molecule has 1 aliphatic rings. The zero-order valence-corrected chi connectivity index (χ0v) is 16.3. The topological polar surface area (TPSA) is 77.1 Å². The molecule has 1 saturated heterocycles. The van der Waals surface area contributed by atoms with E-state index in [0.29, 0.717) is 11.6 Å². The molecule has 0 unspecified atom stereocenters. The summed E-state index contributed by atoms with van der Waals surface area (Å²) in [5.74, 6) is 1.40. The largest absolute Gasteiger partial charge is 0.361 e. The van der Waals surface area contributed by atoms with Crippen LogP contribution in [0.2, 0.25) is 0 Å². The number of hydrogen-bond acceptors (Lipinski definition) is 6. The van der Waals surface area contributed by atoms with Crippen LogP contribution in [0.4, 0.5) is 0 Å². The molecule has 0 saturated carbocycles. The summed E-state index contributed by atoms with van der Waals surface area (Å²) in [5, 5.41) is 4.04. The van der Waals surface area contributed by atoms with E-state index >= 15 is 0 Å². The quantitative estimate of drug-likeness (QED) is 0.678. The van der Waals surface area contributed by atoms with E-state index in [1.807, 2.05) is 26.0 Å². The van der Waals surface area contributed by atoms with Gasteiger partial charge in [0.15, 0.2) is 0 Å². The monoisotopic (exact) mass is 379 g/mol. The van der Waals surface area contributed by atoms with Crippen molar-refractivity contribution in [3.63, 3.8) is 0 Å². The molecule has 0 spiro atoms. The van der Waals surface area contributed by atoms with E-state index in [4.69, 9.17) is 4.52 Å². The minimum absolute atomic E-state index is 0.0000343. The van der Waals surface area contributed by atoms with Gasteiger partial charge >= 0.3 is 0 Å². The number of likely N-dealkylation sites (tertiary alicyclic amines) is 1. The lowest BCUT2D eigenvalue weighted by Gasteiger charge is -2.32. The molecule has 4 heterocycles. The van der Waals surface area contributed by atoms with E-state index in [1.165, 1.54) is 5.56 Å². The van der Waals surface area contributed by atoms with Crippen molar-refractivity contribution in [3.05, 3.63) is 64.3 Å². The zero-order valence-electron chi connectivity index (χ0n) is 16.3. The van der Waals surface area contributed by atoms with Gasteiger partial charge in [0.2, 0.25) is 0 Å². The third kappa shape index (κ3) is 4.04. The third-order valence-electron chi connectivity index (χ3n) is 5.58. The van der Waals surface area contributed by atoms with Gasteiger partial charge in [0, 0.05) is 42.7 Å². The Hall–Kier alpha value is -2.80. The van der Waals surface area contributed by atoms with E-state index in [1.54, 1.807) is 29.4 Å². The molecule has 0 atom stereocenters. The van der Waals surface area contributed by atoms with E-state index in [9.17, 15) is 4.79 Å². The molecule has 7 heteroatoms. The molecule has 0 radical (unpaired) electrons. The molecular formula is C21H25N5O2. The van der Waals surface area contributed by atoms with Crippen LogP contribution < -0.4 is 5.56 Å². The Kier molecular flexibility index (Phi) is 5.34. The Bertz CT molecular complexity index is 968. The van der Waals surface area contributed by atoms with Crippen LogP contribution in [-0.2, 0) is 13.1 Å². The Morgan fingerprint density at radius 2 is 1.93 bits per heavy atom. The second kappa shape index (κ2) is 8.06. The van der Waals surface area contributed by atoms with E-state index in [2.05, 4.69) is 20.0 Å². The van der Waals surface area contributed by atoms with E-state index in [-0.39, 0.29) is 5.56 Å². The van der Waals surface area contributed by atoms with Crippen molar-refractivity contribution >= 4 is 0 Å². The van der Waals surface area contributed by atoms with Gasteiger partial charge in [0.05, 0.1) is 17.7 Å². The molecule has 0 bridgehead atoms. The highest BCUT2D eigenvalue weighted by Gasteiger charge is 2.22. The highest BCUT2D eigenvalue weighted by atomic mass is 16.5. The first-order chi connectivity index (χ1) is 13.6. The predicted molar refractivity (Wildman–Crippen MR) is 106 cm³/mol. The molecule has 0 aliphatic carbocycles. The maximum atomic E-state index is 12.5. The maximum absolute atomic E-state index is 12.5. The van der Waals surface area contributed by atoms with Crippen LogP contribution in [0.25, 0.3) is 11.3 Å². The van der Waals surface area contributed by atoms with Gasteiger partial charge in [-0.05, 0) is 57.8 Å². The highest BCUT2D eigenvalue weighted by molar-refractivity contribution is 5.57. The average molecular weight is 379 g/mol.